The van der Waals surface area contributed by atoms with Crippen LogP contribution in [0.15, 0.2) is 49.1 Å². The van der Waals surface area contributed by atoms with Crippen LogP contribution in [0, 0.1) is 0 Å². The van der Waals surface area contributed by atoms with E-state index >= 15 is 0 Å². The highest BCUT2D eigenvalue weighted by Gasteiger charge is 2.21. The minimum absolute atomic E-state index is 0.151. The fraction of sp³-hybridized carbons (Fsp3) is 0.211. The molecule has 0 saturated carbocycles. The number of carbonyl (C=O) groups excluding carboxylic acids is 1. The highest BCUT2D eigenvalue weighted by atomic mass is 35.5. The summed E-state index contributed by atoms with van der Waals surface area (Å²) in [6.45, 7) is 1.95. The van der Waals surface area contributed by atoms with Gasteiger partial charge >= 0.3 is 0 Å². The minimum atomic E-state index is -0.186. The van der Waals surface area contributed by atoms with Crippen LogP contribution >= 0.6 is 23.2 Å². The maximum atomic E-state index is 12.9. The van der Waals surface area contributed by atoms with Crippen molar-refractivity contribution < 1.29 is 9.53 Å². The van der Waals surface area contributed by atoms with Crippen molar-refractivity contribution in [3.8, 4) is 11.4 Å². The van der Waals surface area contributed by atoms with E-state index < -0.39 is 0 Å². The van der Waals surface area contributed by atoms with Gasteiger partial charge in [-0.05, 0) is 36.8 Å². The monoisotopic (exact) mass is 404 g/mol. The van der Waals surface area contributed by atoms with Crippen molar-refractivity contribution >= 4 is 29.1 Å². The van der Waals surface area contributed by atoms with Gasteiger partial charge in [0.15, 0.2) is 5.75 Å². The molecule has 0 saturated heterocycles. The van der Waals surface area contributed by atoms with Gasteiger partial charge in [-0.15, -0.1) is 0 Å². The Morgan fingerprint density at radius 1 is 1.19 bits per heavy atom. The first-order chi connectivity index (χ1) is 12.9. The van der Waals surface area contributed by atoms with Crippen LogP contribution in [0.2, 0.25) is 10.0 Å². The lowest BCUT2D eigenvalue weighted by Crippen LogP contribution is -2.29. The fourth-order valence-electron chi connectivity index (χ4n) is 2.73. The first kappa shape index (κ1) is 19.2. The smallest absolute Gasteiger partial charge is 0.254 e. The normalized spacial score (nSPS) is 11.9. The number of carbonyl (C=O) groups is 1. The maximum Gasteiger partial charge on any atom is 0.254 e. The molecular formula is C19H18Cl2N4O2. The molecule has 0 fully saturated rings. The van der Waals surface area contributed by atoms with Crippen molar-refractivity contribution in [2.24, 2.45) is 0 Å². The van der Waals surface area contributed by atoms with E-state index in [1.165, 1.54) is 13.4 Å². The molecular weight excluding hydrogens is 387 g/mol. The molecule has 1 heterocycles. The Labute approximate surface area is 167 Å². The highest BCUT2D eigenvalue weighted by Crippen LogP contribution is 2.34. The Morgan fingerprint density at radius 3 is 2.33 bits per heavy atom. The first-order valence-corrected chi connectivity index (χ1v) is 8.93. The van der Waals surface area contributed by atoms with Crippen LogP contribution in [0.4, 0.5) is 0 Å². The van der Waals surface area contributed by atoms with Crippen molar-refractivity contribution in [3.63, 3.8) is 0 Å². The molecule has 3 aromatic rings. The second kappa shape index (κ2) is 7.98. The summed E-state index contributed by atoms with van der Waals surface area (Å²) < 4.78 is 6.80. The van der Waals surface area contributed by atoms with Crippen LogP contribution in [0.3, 0.4) is 0 Å². The van der Waals surface area contributed by atoms with E-state index in [9.17, 15) is 4.79 Å². The Bertz CT molecular complexity index is 920. The van der Waals surface area contributed by atoms with Gasteiger partial charge in [-0.25, -0.2) is 9.67 Å². The van der Waals surface area contributed by atoms with Crippen LogP contribution in [-0.4, -0.2) is 39.7 Å². The van der Waals surface area contributed by atoms with Crippen molar-refractivity contribution in [1.82, 2.24) is 19.7 Å². The van der Waals surface area contributed by atoms with Gasteiger partial charge in [-0.2, -0.15) is 5.10 Å². The number of nitrogens with zero attached hydrogens (tertiary/aromatic N) is 4. The Balaban J connectivity index is 1.80. The van der Waals surface area contributed by atoms with Gasteiger partial charge in [0, 0.05) is 12.6 Å². The maximum absolute atomic E-state index is 12.9. The molecule has 1 atom stereocenters. The third-order valence-corrected chi connectivity index (χ3v) is 4.97. The van der Waals surface area contributed by atoms with E-state index in [2.05, 4.69) is 10.1 Å². The number of benzene rings is 2. The molecule has 0 bridgehead atoms. The van der Waals surface area contributed by atoms with Gasteiger partial charge in [0.1, 0.15) is 12.7 Å². The van der Waals surface area contributed by atoms with E-state index in [4.69, 9.17) is 27.9 Å². The standard InChI is InChI=1S/C19H18Cl2N4O2/c1-12(13-4-6-15(7-5-13)25-11-22-10-23-25)24(2)19(26)14-8-16(20)18(27-3)17(21)9-14/h4-12H,1-3H3/t12-/m1/s1. The van der Waals surface area contributed by atoms with Gasteiger partial charge in [-0.1, -0.05) is 35.3 Å². The molecule has 0 unspecified atom stereocenters. The summed E-state index contributed by atoms with van der Waals surface area (Å²) in [5.74, 6) is 0.170. The molecule has 1 aromatic heterocycles. The number of rotatable bonds is 5. The summed E-state index contributed by atoms with van der Waals surface area (Å²) in [5, 5.41) is 4.70. The number of ether oxygens (including phenoxy) is 1. The van der Waals surface area contributed by atoms with Crippen LogP contribution in [0.5, 0.6) is 5.75 Å². The number of methoxy groups -OCH3 is 1. The zero-order valence-corrected chi connectivity index (χ0v) is 16.6. The van der Waals surface area contributed by atoms with Crippen molar-refractivity contribution in [3.05, 3.63) is 70.2 Å². The second-order valence-corrected chi connectivity index (χ2v) is 6.81. The van der Waals surface area contributed by atoms with Gasteiger partial charge in [0.25, 0.3) is 5.91 Å². The lowest BCUT2D eigenvalue weighted by atomic mass is 10.1. The Kier molecular flexibility index (Phi) is 5.68. The first-order valence-electron chi connectivity index (χ1n) is 8.17. The number of hydrogen-bond acceptors (Lipinski definition) is 4. The Hall–Kier alpha value is -2.57. The van der Waals surface area contributed by atoms with Crippen molar-refractivity contribution in [2.75, 3.05) is 14.2 Å². The number of amides is 1. The highest BCUT2D eigenvalue weighted by molar-refractivity contribution is 6.37. The van der Waals surface area contributed by atoms with Crippen LogP contribution in [0.1, 0.15) is 28.9 Å². The van der Waals surface area contributed by atoms with E-state index in [0.29, 0.717) is 21.4 Å². The zero-order valence-electron chi connectivity index (χ0n) is 15.1. The van der Waals surface area contributed by atoms with Crippen LogP contribution in [-0.2, 0) is 0 Å². The quantitative estimate of drug-likeness (QED) is 0.631. The molecule has 0 aliphatic heterocycles. The predicted molar refractivity (Wildman–Crippen MR) is 105 cm³/mol. The molecule has 27 heavy (non-hydrogen) atoms. The molecule has 8 heteroatoms. The Morgan fingerprint density at radius 2 is 1.81 bits per heavy atom. The van der Waals surface area contributed by atoms with Gasteiger partial charge in [0.2, 0.25) is 0 Å². The van der Waals surface area contributed by atoms with Crippen LogP contribution in [0.25, 0.3) is 5.69 Å². The molecule has 0 N–H and O–H groups in total. The average molecular weight is 405 g/mol. The lowest BCUT2D eigenvalue weighted by Gasteiger charge is -2.26. The molecule has 2 aromatic carbocycles. The van der Waals surface area contributed by atoms with Crippen molar-refractivity contribution in [2.45, 2.75) is 13.0 Å². The topological polar surface area (TPSA) is 60.2 Å². The van der Waals surface area contributed by atoms with Gasteiger partial charge in [0.05, 0.1) is 28.9 Å². The predicted octanol–water partition coefficient (Wildman–Crippen LogP) is 4.42. The summed E-state index contributed by atoms with van der Waals surface area (Å²) in [7, 11) is 3.22. The number of aromatic nitrogens is 3. The van der Waals surface area contributed by atoms with E-state index in [-0.39, 0.29) is 11.9 Å². The lowest BCUT2D eigenvalue weighted by molar-refractivity contribution is 0.0742. The summed E-state index contributed by atoms with van der Waals surface area (Å²) in [4.78, 5) is 18.4. The third-order valence-electron chi connectivity index (χ3n) is 4.41. The molecule has 3 rings (SSSR count). The zero-order chi connectivity index (χ0) is 19.6. The van der Waals surface area contributed by atoms with Crippen LogP contribution < -0.4 is 4.74 Å². The van der Waals surface area contributed by atoms with Gasteiger partial charge in [-0.3, -0.25) is 4.79 Å². The average Bonchev–Trinajstić information content (AvgIpc) is 3.21. The van der Waals surface area contributed by atoms with Crippen molar-refractivity contribution in [1.29, 1.82) is 0 Å². The fourth-order valence-corrected chi connectivity index (χ4v) is 3.37. The SMILES string of the molecule is COc1c(Cl)cc(C(=O)N(C)[C@H](C)c2ccc(-n3cncn3)cc2)cc1Cl. The third kappa shape index (κ3) is 3.91. The minimum Gasteiger partial charge on any atom is -0.494 e. The molecule has 1 amide bonds. The summed E-state index contributed by atoms with van der Waals surface area (Å²) >= 11 is 12.3. The molecule has 6 nitrogen and oxygen atoms in total. The molecule has 0 aliphatic carbocycles. The summed E-state index contributed by atoms with van der Waals surface area (Å²) in [5.41, 5.74) is 2.28. The number of hydrogen-bond donors (Lipinski definition) is 0. The second-order valence-electron chi connectivity index (χ2n) is 6.00. The molecule has 0 radical (unpaired) electrons. The summed E-state index contributed by atoms with van der Waals surface area (Å²) in [6, 6.07) is 10.7. The van der Waals surface area contributed by atoms with E-state index in [1.54, 1.807) is 35.1 Å². The summed E-state index contributed by atoms with van der Waals surface area (Å²) in [6.07, 6.45) is 3.11. The van der Waals surface area contributed by atoms with E-state index in [1.807, 2.05) is 31.2 Å². The van der Waals surface area contributed by atoms with E-state index in [0.717, 1.165) is 11.3 Å². The number of halogens is 2. The largest absolute Gasteiger partial charge is 0.494 e. The molecule has 140 valence electrons. The van der Waals surface area contributed by atoms with Gasteiger partial charge < -0.3 is 9.64 Å². The molecule has 0 spiro atoms. The molecule has 0 aliphatic rings.